The van der Waals surface area contributed by atoms with Gasteiger partial charge in [-0.1, -0.05) is 17.7 Å². The fraction of sp³-hybridized carbons (Fsp3) is 0.682. The second-order valence-corrected chi connectivity index (χ2v) is 9.48. The van der Waals surface area contributed by atoms with E-state index >= 15 is 0 Å². The molecule has 10 heteroatoms. The fourth-order valence-corrected chi connectivity index (χ4v) is 4.94. The summed E-state index contributed by atoms with van der Waals surface area (Å²) < 4.78 is 47.8. The first-order chi connectivity index (χ1) is 15.2. The number of hydrogen-bond donors (Lipinski definition) is 0. The van der Waals surface area contributed by atoms with E-state index in [-0.39, 0.29) is 5.41 Å². The van der Waals surface area contributed by atoms with Crippen molar-refractivity contribution in [3.05, 3.63) is 28.8 Å². The maximum absolute atomic E-state index is 12.6. The number of benzene rings is 1. The number of morpholine rings is 1. The Morgan fingerprint density at radius 1 is 1.19 bits per heavy atom. The second-order valence-electron chi connectivity index (χ2n) is 9.07. The van der Waals surface area contributed by atoms with Gasteiger partial charge in [0.25, 0.3) is 0 Å². The lowest BCUT2D eigenvalue weighted by molar-refractivity contribution is -0.200. The molecule has 0 aromatic heterocycles. The standard InChI is InChI=1S/C22H29ClF3N3O3/c1-16(22(24,25)26)32-20(30)29-6-4-21(5-7-29)14-27(15-21)13-17-2-3-18(12-19(17)23)28-8-10-31-11-9-28/h2-3,12,16H,4-11,13-15H2,1H3. The number of halogens is 4. The molecule has 32 heavy (non-hydrogen) atoms. The predicted molar refractivity (Wildman–Crippen MR) is 115 cm³/mol. The number of alkyl halides is 3. The summed E-state index contributed by atoms with van der Waals surface area (Å²) in [5.41, 5.74) is 2.31. The maximum atomic E-state index is 12.6. The summed E-state index contributed by atoms with van der Waals surface area (Å²) in [5, 5.41) is 0.756. The summed E-state index contributed by atoms with van der Waals surface area (Å²) >= 11 is 6.56. The summed E-state index contributed by atoms with van der Waals surface area (Å²) in [5.74, 6) is 0. The van der Waals surface area contributed by atoms with Crippen LogP contribution in [0.1, 0.15) is 25.3 Å². The van der Waals surface area contributed by atoms with E-state index in [9.17, 15) is 18.0 Å². The molecule has 3 saturated heterocycles. The van der Waals surface area contributed by atoms with Gasteiger partial charge in [-0.3, -0.25) is 4.90 Å². The zero-order valence-electron chi connectivity index (χ0n) is 18.2. The van der Waals surface area contributed by atoms with Gasteiger partial charge >= 0.3 is 12.3 Å². The van der Waals surface area contributed by atoms with Crippen molar-refractivity contribution >= 4 is 23.4 Å². The van der Waals surface area contributed by atoms with Crippen molar-refractivity contribution in [2.24, 2.45) is 5.41 Å². The Bertz CT molecular complexity index is 816. The van der Waals surface area contributed by atoms with Gasteiger partial charge in [0, 0.05) is 56.5 Å². The number of anilines is 1. The van der Waals surface area contributed by atoms with Gasteiger partial charge in [0.05, 0.1) is 13.2 Å². The summed E-state index contributed by atoms with van der Waals surface area (Å²) in [7, 11) is 0. The van der Waals surface area contributed by atoms with Crippen molar-refractivity contribution in [1.29, 1.82) is 0 Å². The molecule has 1 aromatic carbocycles. The van der Waals surface area contributed by atoms with Crippen LogP contribution in [0.2, 0.25) is 5.02 Å². The van der Waals surface area contributed by atoms with E-state index in [1.807, 2.05) is 6.07 Å². The van der Waals surface area contributed by atoms with Gasteiger partial charge in [-0.2, -0.15) is 13.2 Å². The molecule has 0 N–H and O–H groups in total. The highest BCUT2D eigenvalue weighted by Crippen LogP contribution is 2.42. The van der Waals surface area contributed by atoms with Crippen LogP contribution in [0.3, 0.4) is 0 Å². The molecule has 3 heterocycles. The molecule has 6 nitrogen and oxygen atoms in total. The highest BCUT2D eigenvalue weighted by atomic mass is 35.5. The van der Waals surface area contributed by atoms with Crippen molar-refractivity contribution in [3.8, 4) is 0 Å². The molecule has 0 aliphatic carbocycles. The zero-order chi connectivity index (χ0) is 22.9. The van der Waals surface area contributed by atoms with Crippen LogP contribution in [0.5, 0.6) is 0 Å². The van der Waals surface area contributed by atoms with Crippen molar-refractivity contribution in [1.82, 2.24) is 9.80 Å². The Balaban J connectivity index is 1.24. The molecule has 3 aliphatic heterocycles. The van der Waals surface area contributed by atoms with Crippen molar-refractivity contribution in [3.63, 3.8) is 0 Å². The van der Waals surface area contributed by atoms with Crippen LogP contribution in [0.4, 0.5) is 23.7 Å². The average Bonchev–Trinajstić information content (AvgIpc) is 2.74. The molecule has 178 valence electrons. The molecule has 1 atom stereocenters. The van der Waals surface area contributed by atoms with Crippen LogP contribution in [-0.4, -0.2) is 80.7 Å². The van der Waals surface area contributed by atoms with Crippen LogP contribution < -0.4 is 4.90 Å². The van der Waals surface area contributed by atoms with Gasteiger partial charge in [0.2, 0.25) is 0 Å². The summed E-state index contributed by atoms with van der Waals surface area (Å²) in [4.78, 5) is 18.0. The molecule has 0 radical (unpaired) electrons. The van der Waals surface area contributed by atoms with E-state index in [4.69, 9.17) is 16.3 Å². The van der Waals surface area contributed by atoms with Crippen LogP contribution >= 0.6 is 11.6 Å². The van der Waals surface area contributed by atoms with Crippen LogP contribution in [-0.2, 0) is 16.0 Å². The highest BCUT2D eigenvalue weighted by molar-refractivity contribution is 6.31. The lowest BCUT2D eigenvalue weighted by atomic mass is 9.72. The molecule has 3 aliphatic rings. The number of ether oxygens (including phenoxy) is 2. The molecule has 1 aromatic rings. The third-order valence-electron chi connectivity index (χ3n) is 6.75. The summed E-state index contributed by atoms with van der Waals surface area (Å²) in [6.07, 6.45) is -5.98. The molecule has 4 rings (SSSR count). The number of carbonyl (C=O) groups is 1. The smallest absolute Gasteiger partial charge is 0.425 e. The third kappa shape index (κ3) is 5.26. The Labute approximate surface area is 191 Å². The fourth-order valence-electron chi connectivity index (χ4n) is 4.71. The minimum atomic E-state index is -4.54. The average molecular weight is 476 g/mol. The van der Waals surface area contributed by atoms with E-state index in [2.05, 4.69) is 26.7 Å². The largest absolute Gasteiger partial charge is 0.437 e. The number of hydrogen-bond acceptors (Lipinski definition) is 5. The topological polar surface area (TPSA) is 45.2 Å². The van der Waals surface area contributed by atoms with Gasteiger partial charge in [-0.25, -0.2) is 4.79 Å². The monoisotopic (exact) mass is 475 g/mol. The van der Waals surface area contributed by atoms with E-state index in [1.165, 1.54) is 4.90 Å². The van der Waals surface area contributed by atoms with Gasteiger partial charge in [-0.15, -0.1) is 0 Å². The Kier molecular flexibility index (Phi) is 6.79. The van der Waals surface area contributed by atoms with E-state index in [1.54, 1.807) is 0 Å². The molecular formula is C22H29ClF3N3O3. The molecular weight excluding hydrogens is 447 g/mol. The molecule has 1 amide bonds. The normalized spacial score (nSPS) is 22.5. The predicted octanol–water partition coefficient (Wildman–Crippen LogP) is 4.16. The van der Waals surface area contributed by atoms with Gasteiger partial charge in [0.1, 0.15) is 0 Å². The quantitative estimate of drug-likeness (QED) is 0.654. The Morgan fingerprint density at radius 3 is 2.44 bits per heavy atom. The molecule has 1 spiro atoms. The minimum absolute atomic E-state index is 0.118. The first kappa shape index (κ1) is 23.4. The first-order valence-corrected chi connectivity index (χ1v) is 11.4. The summed E-state index contributed by atoms with van der Waals surface area (Å²) in [6, 6.07) is 6.20. The Morgan fingerprint density at radius 2 is 1.84 bits per heavy atom. The lowest BCUT2D eigenvalue weighted by Gasteiger charge is -2.54. The number of piperidine rings is 1. The van der Waals surface area contributed by atoms with Gasteiger partial charge in [-0.05, 0) is 42.9 Å². The van der Waals surface area contributed by atoms with Crippen molar-refractivity contribution < 1.29 is 27.4 Å². The highest BCUT2D eigenvalue weighted by Gasteiger charge is 2.46. The lowest BCUT2D eigenvalue weighted by Crippen LogP contribution is -2.60. The third-order valence-corrected chi connectivity index (χ3v) is 7.10. The zero-order valence-corrected chi connectivity index (χ0v) is 18.9. The molecule has 0 bridgehead atoms. The van der Waals surface area contributed by atoms with Crippen molar-refractivity contribution in [2.45, 2.75) is 38.6 Å². The minimum Gasteiger partial charge on any atom is -0.437 e. The second kappa shape index (κ2) is 9.27. The van der Waals surface area contributed by atoms with Crippen LogP contribution in [0.15, 0.2) is 18.2 Å². The summed E-state index contributed by atoms with van der Waals surface area (Å²) in [6.45, 7) is 7.45. The molecule has 3 fully saturated rings. The van der Waals surface area contributed by atoms with E-state index in [0.717, 1.165) is 82.0 Å². The van der Waals surface area contributed by atoms with E-state index in [0.29, 0.717) is 13.1 Å². The number of likely N-dealkylation sites (tertiary alicyclic amines) is 2. The number of carbonyl (C=O) groups excluding carboxylic acids is 1. The molecule has 1 unspecified atom stereocenters. The van der Waals surface area contributed by atoms with Gasteiger partial charge in [0.15, 0.2) is 6.10 Å². The molecule has 0 saturated carbocycles. The van der Waals surface area contributed by atoms with Crippen molar-refractivity contribution in [2.75, 3.05) is 57.4 Å². The Hall–Kier alpha value is -1.71. The SMILES string of the molecule is CC(OC(=O)N1CCC2(CC1)CN(Cc1ccc(N3CCOCC3)cc1Cl)C2)C(F)(F)F. The maximum Gasteiger partial charge on any atom is 0.425 e. The van der Waals surface area contributed by atoms with Crippen LogP contribution in [0, 0.1) is 5.41 Å². The number of rotatable bonds is 4. The first-order valence-electron chi connectivity index (χ1n) is 11.0. The number of nitrogens with zero attached hydrogens (tertiary/aromatic N) is 3. The van der Waals surface area contributed by atoms with Gasteiger partial charge < -0.3 is 19.3 Å². The number of amides is 1. The van der Waals surface area contributed by atoms with E-state index < -0.39 is 18.4 Å². The van der Waals surface area contributed by atoms with Crippen LogP contribution in [0.25, 0.3) is 0 Å².